The fourth-order valence-corrected chi connectivity index (χ4v) is 3.07. The van der Waals surface area contributed by atoms with Gasteiger partial charge in [0.15, 0.2) is 0 Å². The summed E-state index contributed by atoms with van der Waals surface area (Å²) in [6, 6.07) is 13.5. The van der Waals surface area contributed by atoms with Gasteiger partial charge in [-0.05, 0) is 48.2 Å². The van der Waals surface area contributed by atoms with E-state index in [0.717, 1.165) is 34.1 Å². The number of hydrogen-bond donors (Lipinski definition) is 2. The zero-order chi connectivity index (χ0) is 14.1. The summed E-state index contributed by atoms with van der Waals surface area (Å²) in [4.78, 5) is 0. The van der Waals surface area contributed by atoms with Crippen molar-refractivity contribution in [3.63, 3.8) is 0 Å². The normalized spacial score (nSPS) is 16.5. The van der Waals surface area contributed by atoms with E-state index < -0.39 is 0 Å². The van der Waals surface area contributed by atoms with E-state index in [4.69, 9.17) is 0 Å². The van der Waals surface area contributed by atoms with Crippen molar-refractivity contribution in [1.82, 2.24) is 0 Å². The van der Waals surface area contributed by atoms with E-state index in [0.29, 0.717) is 11.3 Å². The van der Waals surface area contributed by atoms with Gasteiger partial charge in [-0.2, -0.15) is 5.26 Å². The summed E-state index contributed by atoms with van der Waals surface area (Å²) >= 11 is 3.43. The van der Waals surface area contributed by atoms with Crippen LogP contribution in [-0.4, -0.2) is 5.11 Å². The van der Waals surface area contributed by atoms with Crippen molar-refractivity contribution in [2.75, 3.05) is 5.32 Å². The van der Waals surface area contributed by atoms with Crippen LogP contribution in [0.2, 0.25) is 0 Å². The molecule has 100 valence electrons. The summed E-state index contributed by atoms with van der Waals surface area (Å²) in [7, 11) is 0. The predicted molar refractivity (Wildman–Crippen MR) is 81.6 cm³/mol. The molecule has 20 heavy (non-hydrogen) atoms. The summed E-state index contributed by atoms with van der Waals surface area (Å²) in [5.74, 6) is 0.363. The zero-order valence-electron chi connectivity index (χ0n) is 10.7. The van der Waals surface area contributed by atoms with Gasteiger partial charge in [-0.25, -0.2) is 0 Å². The van der Waals surface area contributed by atoms with Crippen molar-refractivity contribution in [2.45, 2.75) is 18.9 Å². The summed E-state index contributed by atoms with van der Waals surface area (Å²) < 4.78 is 0.938. The van der Waals surface area contributed by atoms with Crippen molar-refractivity contribution in [3.05, 3.63) is 57.6 Å². The number of fused-ring (bicyclic) bond motifs is 1. The first-order valence-corrected chi connectivity index (χ1v) is 7.25. The Morgan fingerprint density at radius 3 is 2.95 bits per heavy atom. The predicted octanol–water partition coefficient (Wildman–Crippen LogP) is 4.13. The van der Waals surface area contributed by atoms with E-state index in [9.17, 15) is 10.4 Å². The highest BCUT2D eigenvalue weighted by atomic mass is 79.9. The molecular weight excluding hydrogens is 316 g/mol. The number of rotatable bonds is 2. The second-order valence-corrected chi connectivity index (χ2v) is 5.80. The van der Waals surface area contributed by atoms with Gasteiger partial charge in [0, 0.05) is 4.47 Å². The first-order chi connectivity index (χ1) is 9.69. The summed E-state index contributed by atoms with van der Waals surface area (Å²) in [5, 5.41) is 22.5. The Labute approximate surface area is 126 Å². The number of phenols is 1. The Balaban J connectivity index is 1.94. The number of halogens is 1. The van der Waals surface area contributed by atoms with Crippen LogP contribution in [0.3, 0.4) is 0 Å². The molecule has 2 N–H and O–H groups in total. The monoisotopic (exact) mass is 328 g/mol. The molecule has 0 fully saturated rings. The van der Waals surface area contributed by atoms with Gasteiger partial charge in [0.1, 0.15) is 11.8 Å². The average molecular weight is 329 g/mol. The van der Waals surface area contributed by atoms with Gasteiger partial charge < -0.3 is 10.4 Å². The first-order valence-electron chi connectivity index (χ1n) is 6.46. The third kappa shape index (κ3) is 2.25. The number of anilines is 1. The molecule has 2 aromatic carbocycles. The molecule has 0 saturated carbocycles. The lowest BCUT2D eigenvalue weighted by molar-refractivity contribution is 0.469. The fourth-order valence-electron chi connectivity index (χ4n) is 2.71. The van der Waals surface area contributed by atoms with Crippen LogP contribution >= 0.6 is 15.9 Å². The fraction of sp³-hybridized carbons (Fsp3) is 0.188. The Kier molecular flexibility index (Phi) is 3.37. The van der Waals surface area contributed by atoms with Crippen LogP contribution < -0.4 is 5.32 Å². The molecule has 0 bridgehead atoms. The molecule has 4 heteroatoms. The molecule has 0 spiro atoms. The van der Waals surface area contributed by atoms with Gasteiger partial charge in [0.05, 0.1) is 17.3 Å². The Morgan fingerprint density at radius 1 is 1.30 bits per heavy atom. The molecule has 0 amide bonds. The zero-order valence-corrected chi connectivity index (χ0v) is 12.3. The molecule has 0 aromatic heterocycles. The maximum atomic E-state index is 9.87. The number of aromatic hydroxyl groups is 1. The molecule has 1 aliphatic rings. The molecule has 0 heterocycles. The van der Waals surface area contributed by atoms with Gasteiger partial charge in [0.2, 0.25) is 0 Å². The van der Waals surface area contributed by atoms with Crippen molar-refractivity contribution in [3.8, 4) is 11.8 Å². The summed E-state index contributed by atoms with van der Waals surface area (Å²) in [6.07, 6.45) is 1.78. The Bertz CT molecular complexity index is 706. The largest absolute Gasteiger partial charge is 0.508 e. The van der Waals surface area contributed by atoms with Gasteiger partial charge >= 0.3 is 0 Å². The highest BCUT2D eigenvalue weighted by molar-refractivity contribution is 9.10. The van der Waals surface area contributed by atoms with Crippen LogP contribution in [0.4, 0.5) is 5.69 Å². The van der Waals surface area contributed by atoms with Crippen LogP contribution in [0.5, 0.6) is 5.75 Å². The second kappa shape index (κ2) is 5.18. The summed E-state index contributed by atoms with van der Waals surface area (Å²) in [6.45, 7) is 0. The number of benzene rings is 2. The lowest BCUT2D eigenvalue weighted by atomic mass is 10.1. The third-order valence-corrected chi connectivity index (χ3v) is 4.17. The van der Waals surface area contributed by atoms with Crippen LogP contribution in [0.15, 0.2) is 40.9 Å². The van der Waals surface area contributed by atoms with Gasteiger partial charge in [-0.15, -0.1) is 0 Å². The molecule has 1 atom stereocenters. The standard InChI is InChI=1S/C16H13BrN2O/c17-11-5-4-10(9-18)15(8-11)19-14-7-6-13-12(14)2-1-3-16(13)20/h1-5,8,14,19-20H,6-7H2. The molecule has 0 saturated heterocycles. The lowest BCUT2D eigenvalue weighted by Gasteiger charge is -2.17. The first kappa shape index (κ1) is 13.0. The number of nitrogens with zero attached hydrogens (tertiary/aromatic N) is 1. The third-order valence-electron chi connectivity index (χ3n) is 3.68. The van der Waals surface area contributed by atoms with Crippen LogP contribution in [0.25, 0.3) is 0 Å². The summed E-state index contributed by atoms with van der Waals surface area (Å²) in [5.41, 5.74) is 3.58. The number of nitrogens with one attached hydrogen (secondary N) is 1. The second-order valence-electron chi connectivity index (χ2n) is 4.88. The number of nitriles is 1. The van der Waals surface area contributed by atoms with E-state index in [2.05, 4.69) is 27.3 Å². The quantitative estimate of drug-likeness (QED) is 0.871. The average Bonchev–Trinajstić information content (AvgIpc) is 2.84. The van der Waals surface area contributed by atoms with Crippen LogP contribution in [-0.2, 0) is 6.42 Å². The van der Waals surface area contributed by atoms with E-state index in [1.165, 1.54) is 0 Å². The SMILES string of the molecule is N#Cc1ccc(Br)cc1NC1CCc2c(O)cccc21. The maximum Gasteiger partial charge on any atom is 0.119 e. The van der Waals surface area contributed by atoms with E-state index in [1.54, 1.807) is 12.1 Å². The molecule has 0 aliphatic heterocycles. The lowest BCUT2D eigenvalue weighted by Crippen LogP contribution is -2.08. The Hall–Kier alpha value is -1.99. The highest BCUT2D eigenvalue weighted by Gasteiger charge is 2.25. The minimum absolute atomic E-state index is 0.137. The van der Waals surface area contributed by atoms with Crippen molar-refractivity contribution < 1.29 is 5.11 Å². The highest BCUT2D eigenvalue weighted by Crippen LogP contribution is 2.38. The minimum Gasteiger partial charge on any atom is -0.508 e. The van der Waals surface area contributed by atoms with E-state index in [-0.39, 0.29) is 6.04 Å². The molecule has 2 aromatic rings. The molecule has 0 radical (unpaired) electrons. The number of phenolic OH excluding ortho intramolecular Hbond substituents is 1. The van der Waals surface area contributed by atoms with Crippen molar-refractivity contribution in [2.24, 2.45) is 0 Å². The van der Waals surface area contributed by atoms with E-state index >= 15 is 0 Å². The van der Waals surface area contributed by atoms with Gasteiger partial charge in [-0.3, -0.25) is 0 Å². The van der Waals surface area contributed by atoms with Crippen LogP contribution in [0, 0.1) is 11.3 Å². The van der Waals surface area contributed by atoms with Gasteiger partial charge in [-0.1, -0.05) is 28.1 Å². The van der Waals surface area contributed by atoms with Gasteiger partial charge in [0.25, 0.3) is 0 Å². The van der Waals surface area contributed by atoms with Crippen molar-refractivity contribution in [1.29, 1.82) is 5.26 Å². The molecule has 3 rings (SSSR count). The van der Waals surface area contributed by atoms with Crippen molar-refractivity contribution >= 4 is 21.6 Å². The van der Waals surface area contributed by atoms with Crippen LogP contribution in [0.1, 0.15) is 29.2 Å². The minimum atomic E-state index is 0.137. The Morgan fingerprint density at radius 2 is 2.15 bits per heavy atom. The molecule has 1 aliphatic carbocycles. The molecular formula is C16H13BrN2O. The maximum absolute atomic E-state index is 9.87. The smallest absolute Gasteiger partial charge is 0.119 e. The topological polar surface area (TPSA) is 56.0 Å². The number of hydrogen-bond acceptors (Lipinski definition) is 3. The molecule has 3 nitrogen and oxygen atoms in total. The van der Waals surface area contributed by atoms with E-state index in [1.807, 2.05) is 24.3 Å². The molecule has 1 unspecified atom stereocenters.